The lowest BCUT2D eigenvalue weighted by Crippen LogP contribution is -1.95. The third-order valence-electron chi connectivity index (χ3n) is 1.84. The monoisotopic (exact) mass is 151 g/mol. The van der Waals surface area contributed by atoms with Gasteiger partial charge in [-0.1, -0.05) is 13.8 Å². The second kappa shape index (κ2) is 3.56. The molecule has 0 saturated heterocycles. The Labute approximate surface area is 68.2 Å². The van der Waals surface area contributed by atoms with Gasteiger partial charge in [0, 0.05) is 12.1 Å². The minimum Gasteiger partial charge on any atom is -0.263 e. The predicted octanol–water partition coefficient (Wildman–Crippen LogP) is 1.83. The summed E-state index contributed by atoms with van der Waals surface area (Å²) < 4.78 is 1.89. The van der Waals surface area contributed by atoms with Crippen LogP contribution >= 0.6 is 0 Å². The van der Waals surface area contributed by atoms with Crippen LogP contribution in [0.15, 0.2) is 0 Å². The van der Waals surface area contributed by atoms with Crippen molar-refractivity contribution in [3.63, 3.8) is 0 Å². The van der Waals surface area contributed by atoms with Gasteiger partial charge in [-0.3, -0.25) is 4.68 Å². The highest BCUT2D eigenvalue weighted by molar-refractivity contribution is 5.15. The maximum absolute atomic E-state index is 4.38. The Bertz CT molecular complexity index is 204. The van der Waals surface area contributed by atoms with Crippen molar-refractivity contribution in [3.05, 3.63) is 17.5 Å². The fourth-order valence-electron chi connectivity index (χ4n) is 1.17. The molecule has 0 saturated carbocycles. The summed E-state index contributed by atoms with van der Waals surface area (Å²) in [6, 6.07) is 0. The third kappa shape index (κ3) is 1.62. The molecule has 0 unspecified atom stereocenters. The molecule has 0 N–H and O–H groups in total. The van der Waals surface area contributed by atoms with Crippen molar-refractivity contribution < 1.29 is 0 Å². The lowest BCUT2D eigenvalue weighted by molar-refractivity contribution is 0.644. The Morgan fingerprint density at radius 1 is 1.27 bits per heavy atom. The van der Waals surface area contributed by atoms with Gasteiger partial charge in [0.25, 0.3) is 0 Å². The van der Waals surface area contributed by atoms with Crippen LogP contribution in [-0.2, 0) is 19.4 Å². The normalized spacial score (nSPS) is 10.5. The van der Waals surface area contributed by atoms with E-state index in [9.17, 15) is 0 Å². The molecule has 11 heavy (non-hydrogen) atoms. The Kier molecular flexibility index (Phi) is 2.69. The molecule has 2 heteroatoms. The van der Waals surface area contributed by atoms with Gasteiger partial charge in [-0.2, -0.15) is 5.10 Å². The molecule has 1 aromatic rings. The molecule has 1 heterocycles. The summed E-state index contributed by atoms with van der Waals surface area (Å²) in [6.45, 7) is 7.29. The summed E-state index contributed by atoms with van der Waals surface area (Å²) in [5.41, 5.74) is 2.48. The van der Waals surface area contributed by atoms with Crippen molar-refractivity contribution in [2.24, 2.45) is 0 Å². The van der Waals surface area contributed by atoms with E-state index in [0.717, 1.165) is 19.4 Å². The number of hydrogen-bond acceptors (Lipinski definition) is 1. The average Bonchev–Trinajstić information content (AvgIpc) is 2.46. The molecule has 1 radical (unpaired) electrons. The number of aryl methyl sites for hydroxylation is 3. The molecule has 0 aliphatic carbocycles. The fraction of sp³-hybridized carbons (Fsp3) is 0.667. The van der Waals surface area contributed by atoms with E-state index in [0.29, 0.717) is 0 Å². The molecule has 1 aromatic heterocycles. The first-order valence-electron chi connectivity index (χ1n) is 4.29. The van der Waals surface area contributed by atoms with E-state index in [1.54, 1.807) is 0 Å². The average molecular weight is 151 g/mol. The van der Waals surface area contributed by atoms with E-state index in [1.165, 1.54) is 11.3 Å². The largest absolute Gasteiger partial charge is 0.263 e. The maximum atomic E-state index is 4.38. The molecule has 1 rings (SSSR count). The zero-order valence-corrected chi connectivity index (χ0v) is 7.52. The van der Waals surface area contributed by atoms with Crippen LogP contribution < -0.4 is 0 Å². The molecule has 0 bridgehead atoms. The minimum atomic E-state index is 0.924. The van der Waals surface area contributed by atoms with Crippen molar-refractivity contribution in [1.29, 1.82) is 0 Å². The van der Waals surface area contributed by atoms with Crippen LogP contribution in [0.5, 0.6) is 0 Å². The highest BCUT2D eigenvalue weighted by Gasteiger charge is 2.03. The van der Waals surface area contributed by atoms with E-state index in [1.807, 2.05) is 4.68 Å². The van der Waals surface area contributed by atoms with Crippen LogP contribution in [0.3, 0.4) is 0 Å². The van der Waals surface area contributed by atoms with Gasteiger partial charge in [-0.05, 0) is 19.8 Å². The standard InChI is InChI=1S/C9H15N2/c1-4-8-7-11(6-3)10-9(8)5-2/h4-6H2,1-3H3. The van der Waals surface area contributed by atoms with Gasteiger partial charge in [0.05, 0.1) is 11.9 Å². The zero-order chi connectivity index (χ0) is 8.27. The van der Waals surface area contributed by atoms with Gasteiger partial charge in [-0.15, -0.1) is 0 Å². The van der Waals surface area contributed by atoms with E-state index < -0.39 is 0 Å². The molecule has 2 nitrogen and oxygen atoms in total. The van der Waals surface area contributed by atoms with Gasteiger partial charge in [0.2, 0.25) is 0 Å². The Hall–Kier alpha value is -0.790. The Balaban J connectivity index is 2.92. The summed E-state index contributed by atoms with van der Waals surface area (Å²) in [7, 11) is 0. The SMILES string of the molecule is CCc1[c]n(CC)nc1CC. The fourth-order valence-corrected chi connectivity index (χ4v) is 1.17. The molecule has 0 atom stereocenters. The van der Waals surface area contributed by atoms with E-state index >= 15 is 0 Å². The molecule has 0 amide bonds. The first kappa shape index (κ1) is 8.31. The number of rotatable bonds is 3. The molecule has 0 aliphatic heterocycles. The summed E-state index contributed by atoms with van der Waals surface area (Å²) in [4.78, 5) is 0. The number of aromatic nitrogens is 2. The second-order valence-corrected chi connectivity index (χ2v) is 2.56. The summed E-state index contributed by atoms with van der Waals surface area (Å²) in [5, 5.41) is 4.38. The van der Waals surface area contributed by atoms with E-state index in [2.05, 4.69) is 32.1 Å². The lowest BCUT2D eigenvalue weighted by atomic mass is 10.2. The Morgan fingerprint density at radius 3 is 2.36 bits per heavy atom. The molecule has 0 fully saturated rings. The third-order valence-corrected chi connectivity index (χ3v) is 1.84. The molecule has 61 valence electrons. The van der Waals surface area contributed by atoms with E-state index in [4.69, 9.17) is 0 Å². The van der Waals surface area contributed by atoms with Gasteiger partial charge in [0.15, 0.2) is 0 Å². The number of nitrogens with zero attached hydrogens (tertiary/aromatic N) is 2. The Morgan fingerprint density at radius 2 is 2.00 bits per heavy atom. The van der Waals surface area contributed by atoms with Gasteiger partial charge in [-0.25, -0.2) is 0 Å². The van der Waals surface area contributed by atoms with Crippen molar-refractivity contribution in [1.82, 2.24) is 9.78 Å². The summed E-state index contributed by atoms with van der Waals surface area (Å²) >= 11 is 0. The van der Waals surface area contributed by atoms with Crippen LogP contribution in [0.25, 0.3) is 0 Å². The van der Waals surface area contributed by atoms with Crippen LogP contribution in [-0.4, -0.2) is 9.78 Å². The topological polar surface area (TPSA) is 17.8 Å². The van der Waals surface area contributed by atoms with Crippen LogP contribution in [0.2, 0.25) is 0 Å². The van der Waals surface area contributed by atoms with Crippen molar-refractivity contribution in [3.8, 4) is 0 Å². The molecule has 0 aromatic carbocycles. The van der Waals surface area contributed by atoms with Crippen LogP contribution in [0.4, 0.5) is 0 Å². The maximum Gasteiger partial charge on any atom is 0.0900 e. The lowest BCUT2D eigenvalue weighted by Gasteiger charge is -1.90. The highest BCUT2D eigenvalue weighted by atomic mass is 15.3. The van der Waals surface area contributed by atoms with Crippen molar-refractivity contribution >= 4 is 0 Å². The van der Waals surface area contributed by atoms with Gasteiger partial charge in [0.1, 0.15) is 0 Å². The smallest absolute Gasteiger partial charge is 0.0900 e. The van der Waals surface area contributed by atoms with Gasteiger partial charge < -0.3 is 0 Å². The van der Waals surface area contributed by atoms with E-state index in [-0.39, 0.29) is 0 Å². The quantitative estimate of drug-likeness (QED) is 0.644. The van der Waals surface area contributed by atoms with Crippen molar-refractivity contribution in [2.75, 3.05) is 0 Å². The zero-order valence-electron chi connectivity index (χ0n) is 7.52. The molecular weight excluding hydrogens is 136 g/mol. The minimum absolute atomic E-state index is 0.924. The summed E-state index contributed by atoms with van der Waals surface area (Å²) in [6.07, 6.45) is 5.30. The molecule has 0 aliphatic rings. The van der Waals surface area contributed by atoms with Crippen LogP contribution in [0, 0.1) is 6.20 Å². The first-order valence-corrected chi connectivity index (χ1v) is 4.29. The molecule has 0 spiro atoms. The predicted molar refractivity (Wildman–Crippen MR) is 45.5 cm³/mol. The van der Waals surface area contributed by atoms with Crippen molar-refractivity contribution in [2.45, 2.75) is 40.2 Å². The molecular formula is C9H15N2. The second-order valence-electron chi connectivity index (χ2n) is 2.56. The highest BCUT2D eigenvalue weighted by Crippen LogP contribution is 2.06. The first-order chi connectivity index (χ1) is 5.31. The van der Waals surface area contributed by atoms with Crippen LogP contribution in [0.1, 0.15) is 32.0 Å². The number of hydrogen-bond donors (Lipinski definition) is 0. The van der Waals surface area contributed by atoms with Gasteiger partial charge >= 0.3 is 0 Å². The summed E-state index contributed by atoms with van der Waals surface area (Å²) in [5.74, 6) is 0.